The number of aliphatic hydroxyl groups is 1. The van der Waals surface area contributed by atoms with Crippen LogP contribution in [0.1, 0.15) is 35.4 Å². The third-order valence-corrected chi connectivity index (χ3v) is 6.63. The molecule has 1 aromatic heterocycles. The third-order valence-electron chi connectivity index (χ3n) is 6.34. The average molecular weight is 538 g/mol. The number of nitrogens with zero attached hydrogens (tertiary/aromatic N) is 1. The number of fused-ring (bicyclic) bond motifs is 1. The van der Waals surface area contributed by atoms with Crippen molar-refractivity contribution < 1.29 is 32.9 Å². The Balaban J connectivity index is 1.43. The van der Waals surface area contributed by atoms with Crippen LogP contribution in [0.15, 0.2) is 35.1 Å². The van der Waals surface area contributed by atoms with Gasteiger partial charge < -0.3 is 29.6 Å². The van der Waals surface area contributed by atoms with E-state index < -0.39 is 28.7 Å². The quantitative estimate of drug-likeness (QED) is 0.383. The maximum absolute atomic E-state index is 14.6. The second-order valence-electron chi connectivity index (χ2n) is 8.77. The molecule has 1 aliphatic heterocycles. The Labute approximate surface area is 215 Å². The summed E-state index contributed by atoms with van der Waals surface area (Å²) in [5.41, 5.74) is -0.825. The second-order valence-corrected chi connectivity index (χ2v) is 9.18. The van der Waals surface area contributed by atoms with Gasteiger partial charge in [-0.2, -0.15) is 0 Å². The second kappa shape index (κ2) is 11.5. The van der Waals surface area contributed by atoms with Crippen LogP contribution in [0.3, 0.4) is 0 Å². The normalized spacial score (nSPS) is 19.6. The molecule has 37 heavy (non-hydrogen) atoms. The van der Waals surface area contributed by atoms with Crippen molar-refractivity contribution in [2.45, 2.75) is 37.5 Å². The molecule has 0 bridgehead atoms. The summed E-state index contributed by atoms with van der Waals surface area (Å²) in [5.74, 6) is -2.55. The highest BCUT2D eigenvalue weighted by atomic mass is 35.5. The maximum Gasteiger partial charge on any atom is 0.287 e. The number of hydrogen-bond acceptors (Lipinski definition) is 7. The molecule has 1 saturated heterocycles. The van der Waals surface area contributed by atoms with Gasteiger partial charge in [-0.1, -0.05) is 17.7 Å². The molecule has 3 N–H and O–H groups in total. The first-order valence-corrected chi connectivity index (χ1v) is 12.0. The highest BCUT2D eigenvalue weighted by Gasteiger charge is 2.35. The maximum atomic E-state index is 14.6. The lowest BCUT2D eigenvalue weighted by Gasteiger charge is -2.37. The Hall–Kier alpha value is -3.12. The number of carbonyl (C=O) groups is 1. The number of aromatic nitrogens is 2. The first-order chi connectivity index (χ1) is 17.7. The van der Waals surface area contributed by atoms with Gasteiger partial charge in [0.25, 0.3) is 11.5 Å². The van der Waals surface area contributed by atoms with E-state index in [1.807, 2.05) is 0 Å². The summed E-state index contributed by atoms with van der Waals surface area (Å²) in [5, 5.41) is 11.9. The molecule has 2 aromatic carbocycles. The first-order valence-electron chi connectivity index (χ1n) is 11.6. The van der Waals surface area contributed by atoms with Crippen LogP contribution in [-0.2, 0) is 16.0 Å². The van der Waals surface area contributed by atoms with E-state index in [0.29, 0.717) is 24.8 Å². The van der Waals surface area contributed by atoms with Crippen LogP contribution in [-0.4, -0.2) is 59.6 Å². The van der Waals surface area contributed by atoms with Crippen molar-refractivity contribution in [3.05, 3.63) is 68.7 Å². The van der Waals surface area contributed by atoms with Crippen molar-refractivity contribution in [2.75, 3.05) is 26.9 Å². The fraction of sp³-hybridized carbons (Fsp3) is 0.400. The van der Waals surface area contributed by atoms with Crippen LogP contribution in [0.2, 0.25) is 5.02 Å². The Morgan fingerprint density at radius 1 is 1.32 bits per heavy atom. The molecule has 3 aromatic rings. The van der Waals surface area contributed by atoms with E-state index in [4.69, 9.17) is 25.8 Å². The first kappa shape index (κ1) is 26.9. The summed E-state index contributed by atoms with van der Waals surface area (Å²) in [6, 6.07) is 6.41. The molecule has 0 aliphatic carbocycles. The summed E-state index contributed by atoms with van der Waals surface area (Å²) < 4.78 is 44.6. The molecule has 2 unspecified atom stereocenters. The molecule has 2 heterocycles. The molecule has 1 amide bonds. The van der Waals surface area contributed by atoms with Gasteiger partial charge in [0.1, 0.15) is 16.8 Å². The van der Waals surface area contributed by atoms with Crippen molar-refractivity contribution in [3.63, 3.8) is 0 Å². The van der Waals surface area contributed by atoms with Gasteiger partial charge in [0.15, 0.2) is 17.4 Å². The third kappa shape index (κ3) is 6.07. The van der Waals surface area contributed by atoms with Gasteiger partial charge in [-0.05, 0) is 42.7 Å². The van der Waals surface area contributed by atoms with Gasteiger partial charge in [-0.25, -0.2) is 13.8 Å². The molecular formula is C25H26ClF2N3O6. The van der Waals surface area contributed by atoms with Gasteiger partial charge in [-0.3, -0.25) is 9.59 Å². The van der Waals surface area contributed by atoms with Gasteiger partial charge in [-0.15, -0.1) is 0 Å². The van der Waals surface area contributed by atoms with Crippen LogP contribution < -0.4 is 15.6 Å². The summed E-state index contributed by atoms with van der Waals surface area (Å²) in [6.45, 7) is 0.174. The summed E-state index contributed by atoms with van der Waals surface area (Å²) in [4.78, 5) is 31.9. The molecule has 1 aliphatic rings. The molecule has 4 rings (SSSR count). The topological polar surface area (TPSA) is 123 Å². The number of ether oxygens (including phenoxy) is 3. The Morgan fingerprint density at radius 3 is 2.78 bits per heavy atom. The number of hydrogen-bond donors (Lipinski definition) is 3. The van der Waals surface area contributed by atoms with Crippen molar-refractivity contribution >= 4 is 28.4 Å². The fourth-order valence-electron chi connectivity index (χ4n) is 4.06. The number of aromatic amines is 1. The molecule has 12 heteroatoms. The van der Waals surface area contributed by atoms with E-state index in [2.05, 4.69) is 15.3 Å². The highest BCUT2D eigenvalue weighted by Crippen LogP contribution is 2.29. The molecule has 198 valence electrons. The zero-order chi connectivity index (χ0) is 26.6. The SMILES string of the molecule is COC1(CO)CCC(CCOc2c(F)ccc3nc(C(=O)NCc4ccc(F)c(Cl)c4)[nH]c(=O)c23)OC1. The number of benzene rings is 2. The predicted octanol–water partition coefficient (Wildman–Crippen LogP) is 3.11. The summed E-state index contributed by atoms with van der Waals surface area (Å²) in [7, 11) is 1.52. The Kier molecular flexibility index (Phi) is 8.38. The van der Waals surface area contributed by atoms with Crippen LogP contribution in [0.4, 0.5) is 8.78 Å². The minimum Gasteiger partial charge on any atom is -0.489 e. The van der Waals surface area contributed by atoms with E-state index in [1.54, 1.807) is 0 Å². The van der Waals surface area contributed by atoms with E-state index >= 15 is 0 Å². The van der Waals surface area contributed by atoms with Crippen molar-refractivity contribution in [1.29, 1.82) is 0 Å². The minimum absolute atomic E-state index is 0.0192. The Morgan fingerprint density at radius 2 is 2.11 bits per heavy atom. The molecular weight excluding hydrogens is 512 g/mol. The summed E-state index contributed by atoms with van der Waals surface area (Å²) in [6.07, 6.45) is 1.49. The largest absolute Gasteiger partial charge is 0.489 e. The van der Waals surface area contributed by atoms with E-state index in [0.717, 1.165) is 6.07 Å². The van der Waals surface area contributed by atoms with Gasteiger partial charge in [0.05, 0.1) is 36.5 Å². The molecule has 0 saturated carbocycles. The molecule has 0 spiro atoms. The monoisotopic (exact) mass is 537 g/mol. The van der Waals surface area contributed by atoms with Crippen molar-refractivity contribution in [2.24, 2.45) is 0 Å². The number of carbonyl (C=O) groups excluding carboxylic acids is 1. The predicted molar refractivity (Wildman–Crippen MR) is 131 cm³/mol. The van der Waals surface area contributed by atoms with Crippen molar-refractivity contribution in [1.82, 2.24) is 15.3 Å². The zero-order valence-electron chi connectivity index (χ0n) is 20.0. The van der Waals surface area contributed by atoms with Crippen molar-refractivity contribution in [3.8, 4) is 5.75 Å². The van der Waals surface area contributed by atoms with Crippen LogP contribution in [0.25, 0.3) is 10.9 Å². The van der Waals surface area contributed by atoms with Crippen LogP contribution in [0, 0.1) is 11.6 Å². The number of nitrogens with one attached hydrogen (secondary N) is 2. The van der Waals surface area contributed by atoms with Gasteiger partial charge in [0.2, 0.25) is 0 Å². The number of rotatable bonds is 9. The molecule has 9 nitrogen and oxygen atoms in total. The van der Waals surface area contributed by atoms with Gasteiger partial charge >= 0.3 is 0 Å². The smallest absolute Gasteiger partial charge is 0.287 e. The lowest BCUT2D eigenvalue weighted by Crippen LogP contribution is -2.46. The molecule has 1 fully saturated rings. The lowest BCUT2D eigenvalue weighted by molar-refractivity contribution is -0.158. The van der Waals surface area contributed by atoms with E-state index in [9.17, 15) is 23.5 Å². The number of amides is 1. The fourth-order valence-corrected chi connectivity index (χ4v) is 4.26. The number of halogens is 3. The highest BCUT2D eigenvalue weighted by molar-refractivity contribution is 6.30. The zero-order valence-corrected chi connectivity index (χ0v) is 20.7. The minimum atomic E-state index is -0.742. The standard InChI is InChI=1S/C25H26ClF2N3O6/c1-35-25(12-32)8-6-15(37-13-25)7-9-36-21-18(28)4-5-19-20(21)23(33)31-22(30-19)24(34)29-11-14-2-3-17(27)16(26)10-14/h2-5,10,15,32H,6-9,11-13H2,1H3,(H,29,34)(H,30,31,33). The van der Waals surface area contributed by atoms with E-state index in [-0.39, 0.29) is 60.0 Å². The van der Waals surface area contributed by atoms with Crippen LogP contribution in [0.5, 0.6) is 5.75 Å². The number of aliphatic hydroxyl groups excluding tert-OH is 1. The molecule has 0 radical (unpaired) electrons. The average Bonchev–Trinajstić information content (AvgIpc) is 2.90. The summed E-state index contributed by atoms with van der Waals surface area (Å²) >= 11 is 5.75. The van der Waals surface area contributed by atoms with Gasteiger partial charge in [0, 0.05) is 20.1 Å². The lowest BCUT2D eigenvalue weighted by atomic mass is 9.93. The molecule has 2 atom stereocenters. The number of methoxy groups -OCH3 is 1. The van der Waals surface area contributed by atoms with E-state index in [1.165, 1.54) is 31.4 Å². The van der Waals surface area contributed by atoms with Crippen LogP contribution >= 0.6 is 11.6 Å². The number of H-pyrrole nitrogens is 1. The Bertz CT molecular complexity index is 1340.